The van der Waals surface area contributed by atoms with E-state index in [0.717, 1.165) is 34.2 Å². The van der Waals surface area contributed by atoms with Gasteiger partial charge in [-0.15, -0.1) is 30.3 Å². The van der Waals surface area contributed by atoms with E-state index in [0.29, 0.717) is 32.8 Å². The van der Waals surface area contributed by atoms with Crippen LogP contribution in [0.25, 0.3) is 5.13 Å². The van der Waals surface area contributed by atoms with Crippen molar-refractivity contribution in [3.05, 3.63) is 40.7 Å². The van der Waals surface area contributed by atoms with Gasteiger partial charge in [0, 0.05) is 42.8 Å². The molecular formula is C20H28ClN5O3S. The highest BCUT2D eigenvalue weighted by Crippen LogP contribution is 2.22. The highest BCUT2D eigenvalue weighted by molar-refractivity contribution is 7.12. The van der Waals surface area contributed by atoms with Crippen LogP contribution in [0, 0.1) is 13.8 Å². The quantitative estimate of drug-likeness (QED) is 0.628. The van der Waals surface area contributed by atoms with Crippen molar-refractivity contribution >= 4 is 35.7 Å². The molecule has 0 saturated carbocycles. The van der Waals surface area contributed by atoms with Crippen molar-refractivity contribution in [1.82, 2.24) is 24.6 Å². The molecule has 0 unspecified atom stereocenters. The molecule has 3 heterocycles. The Labute approximate surface area is 186 Å². The van der Waals surface area contributed by atoms with Gasteiger partial charge in [-0.1, -0.05) is 6.08 Å². The Hall–Kier alpha value is -2.39. The number of allylic oxidation sites excluding steroid dienone is 1. The van der Waals surface area contributed by atoms with Crippen LogP contribution in [-0.2, 0) is 22.4 Å². The molecule has 164 valence electrons. The van der Waals surface area contributed by atoms with Gasteiger partial charge in [-0.2, -0.15) is 5.10 Å². The van der Waals surface area contributed by atoms with Crippen LogP contribution >= 0.6 is 23.7 Å². The summed E-state index contributed by atoms with van der Waals surface area (Å²) in [5.41, 5.74) is 3.91. The number of aromatic nitrogens is 3. The second-order valence-corrected chi connectivity index (χ2v) is 7.76. The van der Waals surface area contributed by atoms with E-state index in [2.05, 4.69) is 16.7 Å². The van der Waals surface area contributed by atoms with E-state index < -0.39 is 0 Å². The number of nitrogens with zero attached hydrogens (tertiary/aromatic N) is 5. The number of piperazine rings is 1. The Bertz CT molecular complexity index is 902. The number of ether oxygens (including phenoxy) is 1. The Morgan fingerprint density at radius 2 is 1.90 bits per heavy atom. The molecular weight excluding hydrogens is 426 g/mol. The molecule has 10 heteroatoms. The van der Waals surface area contributed by atoms with E-state index in [1.165, 1.54) is 11.3 Å². The largest absolute Gasteiger partial charge is 0.450 e. The average Bonchev–Trinajstić information content (AvgIpc) is 3.28. The smallest absolute Gasteiger partial charge is 0.409 e. The number of hydrogen-bond acceptors (Lipinski definition) is 6. The van der Waals surface area contributed by atoms with Crippen molar-refractivity contribution in [2.24, 2.45) is 0 Å². The topological polar surface area (TPSA) is 80.6 Å². The maximum atomic E-state index is 12.6. The first-order valence-corrected chi connectivity index (χ1v) is 10.6. The van der Waals surface area contributed by atoms with Gasteiger partial charge in [-0.25, -0.2) is 14.5 Å². The van der Waals surface area contributed by atoms with E-state index in [1.54, 1.807) is 16.7 Å². The summed E-state index contributed by atoms with van der Waals surface area (Å²) in [7, 11) is 0. The van der Waals surface area contributed by atoms with Gasteiger partial charge >= 0.3 is 6.09 Å². The first-order valence-electron chi connectivity index (χ1n) is 9.74. The normalized spacial score (nSPS) is 13.7. The molecule has 2 aromatic heterocycles. The van der Waals surface area contributed by atoms with Gasteiger partial charge in [-0.05, 0) is 27.2 Å². The second-order valence-electron chi connectivity index (χ2n) is 6.92. The van der Waals surface area contributed by atoms with Gasteiger partial charge in [0.25, 0.3) is 0 Å². The summed E-state index contributed by atoms with van der Waals surface area (Å²) < 4.78 is 6.85. The predicted octanol–water partition coefficient (Wildman–Crippen LogP) is 2.94. The van der Waals surface area contributed by atoms with E-state index in [1.807, 2.05) is 30.0 Å². The first kappa shape index (κ1) is 23.9. The van der Waals surface area contributed by atoms with Crippen molar-refractivity contribution in [3.63, 3.8) is 0 Å². The SMILES string of the molecule is C=CCc1c(C)nn(-c2nc(CC(=O)N3CCN(C(=O)OCC)CC3)cs2)c1C.Cl. The Balaban J connectivity index is 0.00000320. The summed E-state index contributed by atoms with van der Waals surface area (Å²) in [6, 6.07) is 0. The third kappa shape index (κ3) is 5.20. The third-order valence-corrected chi connectivity index (χ3v) is 5.87. The van der Waals surface area contributed by atoms with Crippen LogP contribution < -0.4 is 0 Å². The Kier molecular flexibility index (Phi) is 8.43. The van der Waals surface area contributed by atoms with E-state index in [-0.39, 0.29) is 30.8 Å². The summed E-state index contributed by atoms with van der Waals surface area (Å²) in [4.78, 5) is 32.5. The minimum Gasteiger partial charge on any atom is -0.450 e. The zero-order valence-electron chi connectivity index (χ0n) is 17.6. The van der Waals surface area contributed by atoms with Gasteiger partial charge in [0.1, 0.15) is 0 Å². The van der Waals surface area contributed by atoms with Crippen LogP contribution in [-0.4, -0.2) is 69.4 Å². The van der Waals surface area contributed by atoms with Crippen LogP contribution in [0.5, 0.6) is 0 Å². The zero-order valence-corrected chi connectivity index (χ0v) is 19.2. The van der Waals surface area contributed by atoms with Gasteiger partial charge < -0.3 is 14.5 Å². The number of carbonyl (C=O) groups excluding carboxylic acids is 2. The lowest BCUT2D eigenvalue weighted by Crippen LogP contribution is -2.51. The van der Waals surface area contributed by atoms with Gasteiger partial charge in [0.05, 0.1) is 24.4 Å². The van der Waals surface area contributed by atoms with Crippen LogP contribution in [0.4, 0.5) is 4.79 Å². The van der Waals surface area contributed by atoms with Crippen molar-refractivity contribution in [1.29, 1.82) is 0 Å². The lowest BCUT2D eigenvalue weighted by Gasteiger charge is -2.34. The van der Waals surface area contributed by atoms with Gasteiger partial charge in [0.15, 0.2) is 0 Å². The summed E-state index contributed by atoms with van der Waals surface area (Å²) in [6.45, 7) is 12.0. The molecule has 1 fully saturated rings. The second kappa shape index (κ2) is 10.6. The minimum absolute atomic E-state index is 0. The Morgan fingerprint density at radius 3 is 2.53 bits per heavy atom. The van der Waals surface area contributed by atoms with Crippen LogP contribution in [0.3, 0.4) is 0 Å². The zero-order chi connectivity index (χ0) is 21.0. The molecule has 2 amide bonds. The molecule has 3 rings (SSSR count). The fourth-order valence-corrected chi connectivity index (χ4v) is 4.22. The summed E-state index contributed by atoms with van der Waals surface area (Å²) >= 11 is 1.48. The molecule has 30 heavy (non-hydrogen) atoms. The molecule has 0 spiro atoms. The number of thiazole rings is 1. The lowest BCUT2D eigenvalue weighted by atomic mass is 10.1. The van der Waals surface area contributed by atoms with Gasteiger partial charge in [0.2, 0.25) is 11.0 Å². The van der Waals surface area contributed by atoms with Crippen LogP contribution in [0.1, 0.15) is 29.6 Å². The van der Waals surface area contributed by atoms with Crippen LogP contribution in [0.15, 0.2) is 18.0 Å². The lowest BCUT2D eigenvalue weighted by molar-refractivity contribution is -0.132. The molecule has 0 atom stereocenters. The van der Waals surface area contributed by atoms with E-state index >= 15 is 0 Å². The summed E-state index contributed by atoms with van der Waals surface area (Å²) in [5, 5.41) is 7.26. The number of rotatable bonds is 6. The van der Waals surface area contributed by atoms with Crippen molar-refractivity contribution in [2.75, 3.05) is 32.8 Å². The molecule has 2 aromatic rings. The van der Waals surface area contributed by atoms with Crippen LogP contribution in [0.2, 0.25) is 0 Å². The minimum atomic E-state index is -0.315. The van der Waals surface area contributed by atoms with Crippen molar-refractivity contribution in [3.8, 4) is 5.13 Å². The number of aryl methyl sites for hydroxylation is 1. The molecule has 0 N–H and O–H groups in total. The van der Waals surface area contributed by atoms with Gasteiger partial charge in [-0.3, -0.25) is 4.79 Å². The number of amides is 2. The maximum absolute atomic E-state index is 12.6. The fraction of sp³-hybridized carbons (Fsp3) is 0.500. The molecule has 0 radical (unpaired) electrons. The first-order chi connectivity index (χ1) is 13.9. The van der Waals surface area contributed by atoms with E-state index in [4.69, 9.17) is 4.74 Å². The number of hydrogen-bond donors (Lipinski definition) is 0. The highest BCUT2D eigenvalue weighted by Gasteiger charge is 2.25. The molecule has 1 aliphatic rings. The van der Waals surface area contributed by atoms with Crippen molar-refractivity contribution in [2.45, 2.75) is 33.6 Å². The van der Waals surface area contributed by atoms with Crippen molar-refractivity contribution < 1.29 is 14.3 Å². The molecule has 8 nitrogen and oxygen atoms in total. The molecule has 0 bridgehead atoms. The monoisotopic (exact) mass is 453 g/mol. The number of halogens is 1. The Morgan fingerprint density at radius 1 is 1.23 bits per heavy atom. The number of carbonyl (C=O) groups is 2. The summed E-state index contributed by atoms with van der Waals surface area (Å²) in [6.07, 6.45) is 2.57. The maximum Gasteiger partial charge on any atom is 0.409 e. The predicted molar refractivity (Wildman–Crippen MR) is 119 cm³/mol. The molecule has 1 aliphatic heterocycles. The molecule has 0 aromatic carbocycles. The molecule has 1 saturated heterocycles. The average molecular weight is 454 g/mol. The summed E-state index contributed by atoms with van der Waals surface area (Å²) in [5.74, 6) is 0.0195. The standard InChI is InChI=1S/C20H27N5O3S.ClH/c1-5-7-17-14(3)22-25(15(17)4)19-21-16(13-29-19)12-18(26)23-8-10-24(11-9-23)20(27)28-6-2;/h5,13H,1,6-12H2,2-4H3;1H. The highest BCUT2D eigenvalue weighted by atomic mass is 35.5. The third-order valence-electron chi connectivity index (χ3n) is 5.00. The fourth-order valence-electron chi connectivity index (χ4n) is 3.40. The molecule has 0 aliphatic carbocycles. The van der Waals surface area contributed by atoms with E-state index in [9.17, 15) is 9.59 Å².